The van der Waals surface area contributed by atoms with Crippen LogP contribution in [0.5, 0.6) is 23.0 Å². The average molecular weight is 2020 g/mol. The number of hydrogen-bond acceptors (Lipinski definition) is 21. The second kappa shape index (κ2) is 36.2. The summed E-state index contributed by atoms with van der Waals surface area (Å²) in [4.78, 5) is 57.8. The Morgan fingerprint density at radius 2 is 0.774 bits per heavy atom. The molecule has 1 aromatic heterocycles. The van der Waals surface area contributed by atoms with Gasteiger partial charge in [0.25, 0.3) is 0 Å². The van der Waals surface area contributed by atoms with Crippen LogP contribution in [0.15, 0.2) is 206 Å². The number of fused-ring (bicyclic) bond motifs is 4. The summed E-state index contributed by atoms with van der Waals surface area (Å²) >= 11 is 10.6. The Morgan fingerprint density at radius 3 is 1.13 bits per heavy atom. The van der Waals surface area contributed by atoms with Crippen molar-refractivity contribution in [2.45, 2.75) is 106 Å². The maximum Gasteiger partial charge on any atom is 0.230 e. The number of halogens is 7. The van der Waals surface area contributed by atoms with Crippen LogP contribution >= 0.6 is 47.8 Å². The van der Waals surface area contributed by atoms with Gasteiger partial charge in [-0.2, -0.15) is 0 Å². The van der Waals surface area contributed by atoms with Gasteiger partial charge in [0.15, 0.2) is 11.7 Å². The summed E-state index contributed by atoms with van der Waals surface area (Å²) in [6.45, 7) is 12.1. The molecule has 12 atom stereocenters. The van der Waals surface area contributed by atoms with E-state index >= 15 is 0 Å². The van der Waals surface area contributed by atoms with Crippen LogP contribution in [0, 0.1) is 73.5 Å². The Kier molecular flexibility index (Phi) is 24.8. The first-order chi connectivity index (χ1) is 64.4. The number of amides is 2. The number of carbonyl (C=O) groups is 2. The van der Waals surface area contributed by atoms with Crippen LogP contribution < -0.4 is 24.8 Å². The molecule has 133 heavy (non-hydrogen) atoms. The molecule has 23 rings (SSSR count). The van der Waals surface area contributed by atoms with Crippen LogP contribution in [0.25, 0.3) is 5.69 Å². The molecule has 9 aromatic rings. The number of nitrogens with two attached hydrogens (primary N) is 1. The molecule has 8 aromatic carbocycles. The molecule has 0 radical (unpaired) electrons. The Balaban J connectivity index is 0.000000110. The third kappa shape index (κ3) is 17.0. The minimum absolute atomic E-state index is 0.00962. The number of ether oxygens (including phenoxy) is 10. The molecule has 31 heteroatoms. The first kappa shape index (κ1) is 91.3. The minimum Gasteiger partial charge on any atom is -0.496 e. The van der Waals surface area contributed by atoms with E-state index in [1.165, 1.54) is 59.7 Å². The summed E-state index contributed by atoms with van der Waals surface area (Å²) in [5, 5.41) is 9.26. The molecule has 14 aliphatic rings. The third-order valence-corrected chi connectivity index (χ3v) is 32.5. The van der Waals surface area contributed by atoms with Gasteiger partial charge in [0, 0.05) is 72.0 Å². The fourth-order valence-electron chi connectivity index (χ4n) is 23.7. The second-order valence-electron chi connectivity index (χ2n) is 39.3. The van der Waals surface area contributed by atoms with Crippen LogP contribution in [0.3, 0.4) is 0 Å². The number of carbonyl (C=O) groups excluding carboxylic acids is 2. The molecule has 4 saturated carbocycles. The number of piperidine rings is 4. The largest absolute Gasteiger partial charge is 0.496 e. The summed E-state index contributed by atoms with van der Waals surface area (Å²) in [5.74, 6) is 10.8. The van der Waals surface area contributed by atoms with Crippen LogP contribution in [0.2, 0.25) is 0 Å². The van der Waals surface area contributed by atoms with E-state index in [1.807, 2.05) is 82.3 Å². The topological polar surface area (TPSA) is 236 Å². The second-order valence-corrected chi connectivity index (χ2v) is 41.9. The summed E-state index contributed by atoms with van der Waals surface area (Å²) in [5.41, 5.74) is 9.43. The highest BCUT2D eigenvalue weighted by atomic mass is 79.9. The number of amidine groups is 2. The zero-order valence-corrected chi connectivity index (χ0v) is 79.8. The highest BCUT2D eigenvalue weighted by Gasteiger charge is 2.73. The third-order valence-electron chi connectivity index (χ3n) is 30.5. The number of aromatic nitrogens is 2. The van der Waals surface area contributed by atoms with Gasteiger partial charge in [0.2, 0.25) is 11.8 Å². The summed E-state index contributed by atoms with van der Waals surface area (Å²) in [7, 11) is 8.26. The molecular weight excluding hydrogens is 1910 g/mol. The smallest absolute Gasteiger partial charge is 0.230 e. The Hall–Kier alpha value is -9.51. The standard InChI is InChI=1S/C28H29FN4O3.C26H29BrFNO5.C24H26BrFN2O4.C24H24BrFN2O3/c1-18-11-32(17-30-18)23-8-5-20(9-25(23)34-2)22-10-28(22)13-27(15-35-16-27)14-33-24(12-36-31-26(28)33)19-3-6-21(29)7-4-19;1-31-16-33-11-22(17-3-6-19(28)7-4-17)29-13-25(14-34-15-25)12-26(24(29)30)10-20(26)18-5-8-21(27)23(9-18)32-2;1-30-21-8-16(4-7-19(21)25)18-9-24(18)11-23(13-31-14-23)12-28(22(24)29)20(10-32-27)15-2-5-17(26)6-3-15;1-29-21-8-16(4-7-19(21)25)18-9-24(18)11-23(13-30-14-23)12-28-20(10-31-27-22(24)28)15-2-5-17(26)6-3-15/h3-9,11,17,22,24H,10,12-16H2,1-2H3;3-9,20,22H,10-16H2,1-2H3;2-8,18,20H,9-14,27H2,1H3;2-8,18,20H,9-14H2,1H3. The SMILES string of the molecule is COCOCC(c1ccc(F)cc1)N1CC2(COC2)CC2(CC2c2ccc(Br)c(OC)c2)C1=O.COc1cc(C2CC23CC2(COC2)CN(C(CON)c2ccc(F)cc2)C3=O)ccc1Br.COc1cc(C2CC23CC2(COC2)CN2C3=NOCC2c2ccc(F)cc2)ccc1-n1cnc(C)c1.COc1cc(C2CC23CC2(COC2)CN2C3=NOCC2c2ccc(F)cc2)ccc1Br. The van der Waals surface area contributed by atoms with Gasteiger partial charge in [-0.25, -0.2) is 28.4 Å². The molecule has 8 spiro atoms. The molecule has 10 aliphatic heterocycles. The maximum atomic E-state index is 14.1. The predicted molar refractivity (Wildman–Crippen MR) is 496 cm³/mol. The average Bonchev–Trinajstić information content (AvgIpc) is 1.53. The quantitative estimate of drug-likeness (QED) is 0.0305. The van der Waals surface area contributed by atoms with E-state index in [-0.39, 0.29) is 124 Å². The number of imidazole rings is 1. The van der Waals surface area contributed by atoms with Crippen molar-refractivity contribution < 1.29 is 89.0 Å². The molecule has 2 amide bonds. The summed E-state index contributed by atoms with van der Waals surface area (Å²) in [6.07, 6.45) is 11.1. The summed E-state index contributed by atoms with van der Waals surface area (Å²) in [6, 6.07) is 50.4. The lowest BCUT2D eigenvalue weighted by Gasteiger charge is -2.55. The lowest BCUT2D eigenvalue weighted by Crippen LogP contribution is -2.62. The highest BCUT2D eigenvalue weighted by molar-refractivity contribution is 9.11. The normalized spacial score (nSPS) is 27.7. The fourth-order valence-corrected chi connectivity index (χ4v) is 24.9. The highest BCUT2D eigenvalue weighted by Crippen LogP contribution is 2.74. The van der Waals surface area contributed by atoms with Crippen LogP contribution in [-0.4, -0.2) is 200 Å². The zero-order chi connectivity index (χ0) is 92.1. The van der Waals surface area contributed by atoms with E-state index in [1.54, 1.807) is 59.8 Å². The van der Waals surface area contributed by atoms with E-state index in [2.05, 4.69) is 121 Å². The molecule has 700 valence electrons. The van der Waals surface area contributed by atoms with Gasteiger partial charge in [0.1, 0.15) is 66.3 Å². The maximum absolute atomic E-state index is 14.1. The Labute approximate surface area is 795 Å². The predicted octanol–water partition coefficient (Wildman–Crippen LogP) is 18.1. The summed E-state index contributed by atoms with van der Waals surface area (Å²) < 4.78 is 115. The lowest BCUT2D eigenvalue weighted by molar-refractivity contribution is -0.185. The molecule has 8 saturated heterocycles. The molecule has 0 bridgehead atoms. The van der Waals surface area contributed by atoms with E-state index in [9.17, 15) is 27.2 Å². The zero-order valence-electron chi connectivity index (χ0n) is 75.0. The Bertz CT molecular complexity index is 5910. The molecule has 11 heterocycles. The van der Waals surface area contributed by atoms with Gasteiger partial charge in [-0.05, 0) is 271 Å². The number of oxime groups is 2. The fraction of sp³-hybridized carbons (Fsp3) is 0.461. The van der Waals surface area contributed by atoms with Crippen molar-refractivity contribution in [3.05, 3.63) is 269 Å². The van der Waals surface area contributed by atoms with Gasteiger partial charge in [-0.1, -0.05) is 83.1 Å². The number of rotatable bonds is 21. The van der Waals surface area contributed by atoms with Crippen molar-refractivity contribution in [3.63, 3.8) is 0 Å². The number of nitrogens with zero attached hydrogens (tertiary/aromatic N) is 8. The van der Waals surface area contributed by atoms with Gasteiger partial charge in [0.05, 0.1) is 161 Å². The number of hydrogen-bond donors (Lipinski definition) is 1. The molecular formula is C102H108Br3F4N9O15. The van der Waals surface area contributed by atoms with Gasteiger partial charge in [-0.15, -0.1) is 0 Å². The van der Waals surface area contributed by atoms with Crippen molar-refractivity contribution >= 4 is 71.3 Å². The first-order valence-corrected chi connectivity index (χ1v) is 47.7. The molecule has 4 aliphatic carbocycles. The molecule has 24 nitrogen and oxygen atoms in total. The molecule has 2 N–H and O–H groups in total. The van der Waals surface area contributed by atoms with Crippen LogP contribution in [-0.2, 0) is 52.5 Å². The van der Waals surface area contributed by atoms with Crippen molar-refractivity contribution in [3.8, 4) is 28.7 Å². The van der Waals surface area contributed by atoms with Gasteiger partial charge in [-0.3, -0.25) is 9.59 Å². The van der Waals surface area contributed by atoms with Gasteiger partial charge >= 0.3 is 0 Å². The van der Waals surface area contributed by atoms with Crippen molar-refractivity contribution in [1.29, 1.82) is 0 Å². The van der Waals surface area contributed by atoms with E-state index in [0.29, 0.717) is 64.6 Å². The molecule has 12 unspecified atom stereocenters. The van der Waals surface area contributed by atoms with E-state index in [4.69, 9.17) is 67.8 Å². The van der Waals surface area contributed by atoms with E-state index in [0.717, 1.165) is 184 Å². The lowest BCUT2D eigenvalue weighted by atomic mass is 9.69. The molecule has 12 fully saturated rings. The van der Waals surface area contributed by atoms with Crippen molar-refractivity contribution in [1.82, 2.24) is 29.2 Å². The van der Waals surface area contributed by atoms with Crippen molar-refractivity contribution in [2.24, 2.45) is 59.5 Å². The number of aryl methyl sites for hydroxylation is 1. The Morgan fingerprint density at radius 1 is 0.436 bits per heavy atom. The number of benzene rings is 8. The van der Waals surface area contributed by atoms with Crippen LogP contribution in [0.1, 0.15) is 149 Å². The minimum atomic E-state index is -0.478. The number of methoxy groups -OCH3 is 5. The van der Waals surface area contributed by atoms with Gasteiger partial charge < -0.3 is 86.0 Å². The number of likely N-dealkylation sites (tertiary alicyclic amines) is 2. The van der Waals surface area contributed by atoms with Crippen molar-refractivity contribution in [2.75, 3.05) is 148 Å². The first-order valence-electron chi connectivity index (χ1n) is 45.3. The monoisotopic (exact) mass is 2010 g/mol. The van der Waals surface area contributed by atoms with E-state index < -0.39 is 10.8 Å². The van der Waals surface area contributed by atoms with Crippen LogP contribution in [0.4, 0.5) is 17.6 Å².